The van der Waals surface area contributed by atoms with E-state index in [-0.39, 0.29) is 0 Å². The molecule has 2 aliphatic rings. The summed E-state index contributed by atoms with van der Waals surface area (Å²) in [5.41, 5.74) is 0. The standard InChI is InChI=1S/C21H36O/c1-3-5-7-18-8-12-20(13-9-18)21-14-10-19(11-15-21)17-22-16-6-4-2/h3-4,6,18-21H,1,5,7-17H2,2H3. The Morgan fingerprint density at radius 1 is 0.909 bits per heavy atom. The predicted molar refractivity (Wildman–Crippen MR) is 96.0 cm³/mol. The SMILES string of the molecule is C=CCCC1CCC(C2CCC(COCC=CC)CC2)CC1. The molecule has 2 rings (SSSR count). The third-order valence-corrected chi connectivity index (χ3v) is 6.03. The molecule has 1 heteroatoms. The fourth-order valence-corrected chi connectivity index (χ4v) is 4.53. The molecule has 0 amide bonds. The average Bonchev–Trinajstić information content (AvgIpc) is 2.58. The minimum atomic E-state index is 0.797. The van der Waals surface area contributed by atoms with E-state index in [0.717, 1.165) is 36.9 Å². The van der Waals surface area contributed by atoms with Crippen LogP contribution in [0, 0.1) is 23.7 Å². The van der Waals surface area contributed by atoms with Gasteiger partial charge in [-0.3, -0.25) is 0 Å². The molecule has 22 heavy (non-hydrogen) atoms. The van der Waals surface area contributed by atoms with Gasteiger partial charge in [0.15, 0.2) is 0 Å². The normalized spacial score (nSPS) is 33.1. The number of hydrogen-bond acceptors (Lipinski definition) is 1. The van der Waals surface area contributed by atoms with Crippen molar-refractivity contribution in [1.29, 1.82) is 0 Å². The highest BCUT2D eigenvalue weighted by molar-refractivity contribution is 4.83. The second-order valence-electron chi connectivity index (χ2n) is 7.53. The summed E-state index contributed by atoms with van der Waals surface area (Å²) in [7, 11) is 0. The van der Waals surface area contributed by atoms with Gasteiger partial charge >= 0.3 is 0 Å². The molecule has 0 atom stereocenters. The van der Waals surface area contributed by atoms with Gasteiger partial charge in [0.05, 0.1) is 6.61 Å². The summed E-state index contributed by atoms with van der Waals surface area (Å²) in [6.07, 6.45) is 20.5. The van der Waals surface area contributed by atoms with E-state index in [1.807, 2.05) is 0 Å². The van der Waals surface area contributed by atoms with Crippen LogP contribution in [0.5, 0.6) is 0 Å². The second kappa shape index (κ2) is 10.3. The third-order valence-electron chi connectivity index (χ3n) is 6.03. The molecule has 0 bridgehead atoms. The first kappa shape index (κ1) is 17.8. The van der Waals surface area contributed by atoms with Crippen molar-refractivity contribution in [3.8, 4) is 0 Å². The third kappa shape index (κ3) is 5.91. The first-order valence-corrected chi connectivity index (χ1v) is 9.63. The number of rotatable bonds is 8. The number of hydrogen-bond donors (Lipinski definition) is 0. The maximum Gasteiger partial charge on any atom is 0.0647 e. The number of allylic oxidation sites excluding steroid dienone is 2. The van der Waals surface area contributed by atoms with Crippen LogP contribution >= 0.6 is 0 Å². The molecule has 0 aromatic carbocycles. The van der Waals surface area contributed by atoms with Gasteiger partial charge in [-0.05, 0) is 82.0 Å². The van der Waals surface area contributed by atoms with Crippen LogP contribution in [0.3, 0.4) is 0 Å². The summed E-state index contributed by atoms with van der Waals surface area (Å²) in [6.45, 7) is 7.69. The molecule has 0 saturated heterocycles. The van der Waals surface area contributed by atoms with E-state index < -0.39 is 0 Å². The lowest BCUT2D eigenvalue weighted by Gasteiger charge is -2.37. The summed E-state index contributed by atoms with van der Waals surface area (Å²) in [5, 5.41) is 0. The molecule has 2 aliphatic carbocycles. The van der Waals surface area contributed by atoms with Gasteiger partial charge in [-0.15, -0.1) is 6.58 Å². The fourth-order valence-electron chi connectivity index (χ4n) is 4.53. The van der Waals surface area contributed by atoms with Crippen molar-refractivity contribution in [2.75, 3.05) is 13.2 Å². The summed E-state index contributed by atoms with van der Waals surface area (Å²) in [6, 6.07) is 0. The van der Waals surface area contributed by atoms with Crippen LogP contribution in [0.1, 0.15) is 71.1 Å². The lowest BCUT2D eigenvalue weighted by Crippen LogP contribution is -2.27. The molecule has 126 valence electrons. The van der Waals surface area contributed by atoms with Gasteiger partial charge in [-0.25, -0.2) is 0 Å². The smallest absolute Gasteiger partial charge is 0.0647 e. The predicted octanol–water partition coefficient (Wildman–Crippen LogP) is 6.16. The van der Waals surface area contributed by atoms with Crippen molar-refractivity contribution in [1.82, 2.24) is 0 Å². The zero-order valence-electron chi connectivity index (χ0n) is 14.6. The minimum Gasteiger partial charge on any atom is -0.377 e. The van der Waals surface area contributed by atoms with Gasteiger partial charge in [0.2, 0.25) is 0 Å². The molecule has 0 aromatic rings. The quantitative estimate of drug-likeness (QED) is 0.385. The Kier molecular flexibility index (Phi) is 8.30. The first-order valence-electron chi connectivity index (χ1n) is 9.63. The Morgan fingerprint density at radius 3 is 2.05 bits per heavy atom. The highest BCUT2D eigenvalue weighted by atomic mass is 16.5. The van der Waals surface area contributed by atoms with E-state index in [1.54, 1.807) is 0 Å². The number of ether oxygens (including phenoxy) is 1. The molecule has 0 N–H and O–H groups in total. The summed E-state index contributed by atoms with van der Waals surface area (Å²) >= 11 is 0. The van der Waals surface area contributed by atoms with Crippen molar-refractivity contribution in [2.24, 2.45) is 23.7 Å². The van der Waals surface area contributed by atoms with Gasteiger partial charge in [0, 0.05) is 6.61 Å². The Labute approximate surface area is 138 Å². The fraction of sp³-hybridized carbons (Fsp3) is 0.810. The lowest BCUT2D eigenvalue weighted by atomic mass is 9.69. The van der Waals surface area contributed by atoms with Gasteiger partial charge in [-0.1, -0.05) is 31.1 Å². The Balaban J connectivity index is 1.60. The summed E-state index contributed by atoms with van der Waals surface area (Å²) in [4.78, 5) is 0. The molecule has 1 nitrogen and oxygen atoms in total. The Morgan fingerprint density at radius 2 is 1.50 bits per heavy atom. The van der Waals surface area contributed by atoms with Crippen molar-refractivity contribution in [3.05, 3.63) is 24.8 Å². The first-order chi connectivity index (χ1) is 10.8. The molecule has 0 aliphatic heterocycles. The van der Waals surface area contributed by atoms with E-state index >= 15 is 0 Å². The van der Waals surface area contributed by atoms with Crippen molar-refractivity contribution >= 4 is 0 Å². The monoisotopic (exact) mass is 304 g/mol. The molecule has 0 spiro atoms. The van der Waals surface area contributed by atoms with Crippen LogP contribution in [0.2, 0.25) is 0 Å². The van der Waals surface area contributed by atoms with E-state index in [9.17, 15) is 0 Å². The van der Waals surface area contributed by atoms with Crippen molar-refractivity contribution in [2.45, 2.75) is 71.1 Å². The summed E-state index contributed by atoms with van der Waals surface area (Å²) in [5.74, 6) is 3.87. The Bertz CT molecular complexity index is 317. The molecular formula is C21H36O. The molecule has 0 radical (unpaired) electrons. The topological polar surface area (TPSA) is 9.23 Å². The van der Waals surface area contributed by atoms with Gasteiger partial charge in [0.25, 0.3) is 0 Å². The zero-order chi connectivity index (χ0) is 15.6. The van der Waals surface area contributed by atoms with E-state index in [2.05, 4.69) is 31.7 Å². The van der Waals surface area contributed by atoms with Crippen LogP contribution < -0.4 is 0 Å². The van der Waals surface area contributed by atoms with Crippen LogP contribution in [-0.4, -0.2) is 13.2 Å². The van der Waals surface area contributed by atoms with Gasteiger partial charge in [0.1, 0.15) is 0 Å². The van der Waals surface area contributed by atoms with Crippen molar-refractivity contribution in [3.63, 3.8) is 0 Å². The van der Waals surface area contributed by atoms with Gasteiger partial charge in [-0.2, -0.15) is 0 Å². The average molecular weight is 305 g/mol. The summed E-state index contributed by atoms with van der Waals surface area (Å²) < 4.78 is 5.75. The molecule has 0 aromatic heterocycles. The minimum absolute atomic E-state index is 0.797. The van der Waals surface area contributed by atoms with Crippen molar-refractivity contribution < 1.29 is 4.74 Å². The lowest BCUT2D eigenvalue weighted by molar-refractivity contribution is 0.0780. The molecule has 2 fully saturated rings. The van der Waals surface area contributed by atoms with Gasteiger partial charge < -0.3 is 4.74 Å². The largest absolute Gasteiger partial charge is 0.377 e. The highest BCUT2D eigenvalue weighted by Gasteiger charge is 2.30. The van der Waals surface area contributed by atoms with Crippen LogP contribution in [0.15, 0.2) is 24.8 Å². The van der Waals surface area contributed by atoms with Crippen LogP contribution in [0.4, 0.5) is 0 Å². The maximum absolute atomic E-state index is 5.75. The van der Waals surface area contributed by atoms with Crippen LogP contribution in [0.25, 0.3) is 0 Å². The van der Waals surface area contributed by atoms with E-state index in [4.69, 9.17) is 4.74 Å². The van der Waals surface area contributed by atoms with E-state index in [0.29, 0.717) is 0 Å². The highest BCUT2D eigenvalue weighted by Crippen LogP contribution is 2.42. The molecule has 0 unspecified atom stereocenters. The van der Waals surface area contributed by atoms with E-state index in [1.165, 1.54) is 64.2 Å². The van der Waals surface area contributed by atoms with Crippen LogP contribution in [-0.2, 0) is 4.74 Å². The molecule has 0 heterocycles. The molecular weight excluding hydrogens is 268 g/mol. The maximum atomic E-state index is 5.75. The second-order valence-corrected chi connectivity index (χ2v) is 7.53. The molecule has 2 saturated carbocycles. The zero-order valence-corrected chi connectivity index (χ0v) is 14.6. The Hall–Kier alpha value is -0.560.